The summed E-state index contributed by atoms with van der Waals surface area (Å²) >= 11 is 0. The number of rotatable bonds is 5. The third-order valence-corrected chi connectivity index (χ3v) is 4.61. The molecule has 0 amide bonds. The van der Waals surface area contributed by atoms with Crippen molar-refractivity contribution in [2.75, 3.05) is 5.32 Å². The SMILES string of the molecule is c1ccc(-c2nc(NCc3cccc4[nH]ncc34)cc(-c3cccnc3)n2)nc1. The van der Waals surface area contributed by atoms with Crippen LogP contribution in [0.2, 0.25) is 0 Å². The van der Waals surface area contributed by atoms with Crippen molar-refractivity contribution >= 4 is 16.7 Å². The lowest BCUT2D eigenvalue weighted by atomic mass is 10.1. The molecule has 29 heavy (non-hydrogen) atoms. The van der Waals surface area contributed by atoms with E-state index >= 15 is 0 Å². The molecule has 4 heterocycles. The molecule has 0 fully saturated rings. The Hall–Kier alpha value is -4.13. The first-order chi connectivity index (χ1) is 14.4. The van der Waals surface area contributed by atoms with Gasteiger partial charge in [-0.1, -0.05) is 18.2 Å². The largest absolute Gasteiger partial charge is 0.366 e. The Balaban J connectivity index is 1.52. The van der Waals surface area contributed by atoms with E-state index < -0.39 is 0 Å². The third kappa shape index (κ3) is 3.53. The first-order valence-corrected chi connectivity index (χ1v) is 9.22. The van der Waals surface area contributed by atoms with Gasteiger partial charge in [-0.15, -0.1) is 0 Å². The molecule has 5 aromatic rings. The van der Waals surface area contributed by atoms with Crippen LogP contribution in [0.15, 0.2) is 79.4 Å². The second kappa shape index (κ2) is 7.47. The van der Waals surface area contributed by atoms with Crippen LogP contribution in [0.5, 0.6) is 0 Å². The van der Waals surface area contributed by atoms with Crippen molar-refractivity contribution in [1.29, 1.82) is 0 Å². The molecule has 0 aliphatic carbocycles. The zero-order chi connectivity index (χ0) is 19.5. The van der Waals surface area contributed by atoms with Crippen molar-refractivity contribution in [1.82, 2.24) is 30.1 Å². The van der Waals surface area contributed by atoms with Gasteiger partial charge >= 0.3 is 0 Å². The minimum atomic E-state index is 0.566. The van der Waals surface area contributed by atoms with E-state index in [1.165, 1.54) is 0 Å². The van der Waals surface area contributed by atoms with Crippen molar-refractivity contribution in [3.63, 3.8) is 0 Å². The molecule has 7 heteroatoms. The molecule has 0 unspecified atom stereocenters. The Kier molecular flexibility index (Phi) is 4.38. The standard InChI is InChI=1S/C22H17N7/c1-2-10-24-19(7-1)22-27-20(16-6-4-9-23-12-16)11-21(28-22)25-13-15-5-3-8-18-17(15)14-26-29-18/h1-12,14H,13H2,(H,26,29)(H,25,27,28). The van der Waals surface area contributed by atoms with Gasteiger partial charge in [-0.2, -0.15) is 5.10 Å². The lowest BCUT2D eigenvalue weighted by Crippen LogP contribution is -2.04. The molecular weight excluding hydrogens is 362 g/mol. The minimum Gasteiger partial charge on any atom is -0.366 e. The van der Waals surface area contributed by atoms with Crippen LogP contribution in [-0.2, 0) is 6.54 Å². The van der Waals surface area contributed by atoms with Crippen LogP contribution in [-0.4, -0.2) is 30.1 Å². The Bertz CT molecular complexity index is 1190. The average molecular weight is 379 g/mol. The number of H-pyrrole nitrogens is 1. The van der Waals surface area contributed by atoms with Crippen LogP contribution < -0.4 is 5.32 Å². The summed E-state index contributed by atoms with van der Waals surface area (Å²) in [5.74, 6) is 1.29. The van der Waals surface area contributed by atoms with Gasteiger partial charge in [0.2, 0.25) is 0 Å². The van der Waals surface area contributed by atoms with Gasteiger partial charge in [0.25, 0.3) is 0 Å². The van der Waals surface area contributed by atoms with E-state index in [0.29, 0.717) is 12.4 Å². The van der Waals surface area contributed by atoms with Crippen LogP contribution in [0.1, 0.15) is 5.56 Å². The predicted octanol–water partition coefficient (Wildman–Crippen LogP) is 4.09. The van der Waals surface area contributed by atoms with Gasteiger partial charge in [-0.25, -0.2) is 9.97 Å². The molecule has 0 aliphatic rings. The summed E-state index contributed by atoms with van der Waals surface area (Å²) in [6.45, 7) is 0.613. The van der Waals surface area contributed by atoms with Crippen LogP contribution >= 0.6 is 0 Å². The summed E-state index contributed by atoms with van der Waals surface area (Å²) in [6.07, 6.45) is 7.12. The summed E-state index contributed by atoms with van der Waals surface area (Å²) in [6, 6.07) is 17.6. The number of nitrogens with zero attached hydrogens (tertiary/aromatic N) is 5. The van der Waals surface area contributed by atoms with Crippen molar-refractivity contribution < 1.29 is 0 Å². The lowest BCUT2D eigenvalue weighted by molar-refractivity contribution is 1.08. The van der Waals surface area contributed by atoms with Crippen LogP contribution in [0.3, 0.4) is 0 Å². The van der Waals surface area contributed by atoms with E-state index in [4.69, 9.17) is 4.98 Å². The number of pyridine rings is 2. The quantitative estimate of drug-likeness (QED) is 0.478. The molecule has 0 spiro atoms. The van der Waals surface area contributed by atoms with Gasteiger partial charge in [0, 0.05) is 42.2 Å². The normalized spacial score (nSPS) is 10.9. The zero-order valence-corrected chi connectivity index (χ0v) is 15.4. The van der Waals surface area contributed by atoms with Gasteiger partial charge in [-0.3, -0.25) is 15.1 Å². The molecule has 2 N–H and O–H groups in total. The van der Waals surface area contributed by atoms with Crippen molar-refractivity contribution in [2.45, 2.75) is 6.54 Å². The molecule has 1 aromatic carbocycles. The maximum Gasteiger partial charge on any atom is 0.180 e. The number of benzene rings is 1. The second-order valence-electron chi connectivity index (χ2n) is 6.52. The number of hydrogen-bond acceptors (Lipinski definition) is 6. The molecule has 0 saturated heterocycles. The fraction of sp³-hybridized carbons (Fsp3) is 0.0455. The van der Waals surface area contributed by atoms with Crippen molar-refractivity contribution in [3.05, 3.63) is 84.9 Å². The molecule has 140 valence electrons. The highest BCUT2D eigenvalue weighted by Crippen LogP contribution is 2.24. The van der Waals surface area contributed by atoms with E-state index in [1.807, 2.05) is 54.7 Å². The predicted molar refractivity (Wildman–Crippen MR) is 112 cm³/mol. The van der Waals surface area contributed by atoms with Gasteiger partial charge in [0.1, 0.15) is 11.5 Å². The highest BCUT2D eigenvalue weighted by atomic mass is 15.1. The molecule has 0 aliphatic heterocycles. The van der Waals surface area contributed by atoms with Crippen molar-refractivity contribution in [3.8, 4) is 22.8 Å². The highest BCUT2D eigenvalue weighted by molar-refractivity contribution is 5.81. The van der Waals surface area contributed by atoms with E-state index in [2.05, 4.69) is 36.5 Å². The fourth-order valence-electron chi connectivity index (χ4n) is 3.18. The molecule has 7 nitrogen and oxygen atoms in total. The number of anilines is 1. The highest BCUT2D eigenvalue weighted by Gasteiger charge is 2.10. The maximum absolute atomic E-state index is 4.70. The third-order valence-electron chi connectivity index (χ3n) is 4.61. The van der Waals surface area contributed by atoms with Crippen LogP contribution in [0, 0.1) is 0 Å². The summed E-state index contributed by atoms with van der Waals surface area (Å²) in [7, 11) is 0. The molecule has 0 atom stereocenters. The van der Waals surface area contributed by atoms with Crippen LogP contribution in [0.4, 0.5) is 5.82 Å². The molecule has 4 aromatic heterocycles. The summed E-state index contributed by atoms with van der Waals surface area (Å²) in [4.78, 5) is 18.0. The number of aromatic amines is 1. The Morgan fingerprint density at radius 2 is 1.86 bits per heavy atom. The van der Waals surface area contributed by atoms with Crippen molar-refractivity contribution in [2.24, 2.45) is 0 Å². The Morgan fingerprint density at radius 3 is 2.72 bits per heavy atom. The van der Waals surface area contributed by atoms with Crippen LogP contribution in [0.25, 0.3) is 33.7 Å². The Labute approximate surface area is 166 Å². The zero-order valence-electron chi connectivity index (χ0n) is 15.4. The second-order valence-corrected chi connectivity index (χ2v) is 6.52. The van der Waals surface area contributed by atoms with E-state index in [0.717, 1.165) is 39.2 Å². The number of nitrogens with one attached hydrogen (secondary N) is 2. The Morgan fingerprint density at radius 1 is 0.862 bits per heavy atom. The number of fused-ring (bicyclic) bond motifs is 1. The minimum absolute atomic E-state index is 0.566. The van der Waals surface area contributed by atoms with Gasteiger partial charge in [-0.05, 0) is 35.9 Å². The summed E-state index contributed by atoms with van der Waals surface area (Å²) in [5.41, 5.74) is 4.58. The lowest BCUT2D eigenvalue weighted by Gasteiger charge is -2.11. The van der Waals surface area contributed by atoms with Gasteiger partial charge in [0.15, 0.2) is 5.82 Å². The topological polar surface area (TPSA) is 92.3 Å². The molecule has 0 bridgehead atoms. The van der Waals surface area contributed by atoms with E-state index in [-0.39, 0.29) is 0 Å². The first-order valence-electron chi connectivity index (χ1n) is 9.22. The summed E-state index contributed by atoms with van der Waals surface area (Å²) in [5, 5.41) is 11.6. The van der Waals surface area contributed by atoms with Gasteiger partial charge in [0.05, 0.1) is 17.4 Å². The molecule has 5 rings (SSSR count). The fourth-order valence-corrected chi connectivity index (χ4v) is 3.18. The smallest absolute Gasteiger partial charge is 0.180 e. The molecule has 0 radical (unpaired) electrons. The van der Waals surface area contributed by atoms with E-state index in [1.54, 1.807) is 18.6 Å². The average Bonchev–Trinajstić information content (AvgIpc) is 3.28. The monoisotopic (exact) mass is 379 g/mol. The summed E-state index contributed by atoms with van der Waals surface area (Å²) < 4.78 is 0. The van der Waals surface area contributed by atoms with E-state index in [9.17, 15) is 0 Å². The van der Waals surface area contributed by atoms with Gasteiger partial charge < -0.3 is 5.32 Å². The number of aromatic nitrogens is 6. The number of hydrogen-bond donors (Lipinski definition) is 2. The molecular formula is C22H17N7. The first kappa shape index (κ1) is 17.0. The maximum atomic E-state index is 4.70. The molecule has 0 saturated carbocycles.